The molecular formula is C10H9NO3S. The normalized spacial score (nSPS) is 9.47. The van der Waals surface area contributed by atoms with Crippen molar-refractivity contribution in [3.05, 3.63) is 23.8 Å². The summed E-state index contributed by atoms with van der Waals surface area (Å²) in [6, 6.07) is 4.68. The van der Waals surface area contributed by atoms with Crippen LogP contribution in [0.25, 0.3) is 0 Å². The minimum Gasteiger partial charge on any atom is -0.496 e. The number of hydrogen-bond donors (Lipinski definition) is 2. The maximum Gasteiger partial charge on any atom is 0.217 e. The molecule has 0 bridgehead atoms. The average Bonchev–Trinajstić information content (AvgIpc) is 2.27. The Labute approximate surface area is 92.2 Å². The van der Waals surface area contributed by atoms with E-state index in [1.54, 1.807) is 12.1 Å². The third-order valence-corrected chi connectivity index (χ3v) is 2.07. The lowest BCUT2D eigenvalue weighted by Gasteiger charge is -2.06. The molecule has 5 heteroatoms. The molecule has 15 heavy (non-hydrogen) atoms. The van der Waals surface area contributed by atoms with Gasteiger partial charge in [-0.15, -0.1) is 12.6 Å². The van der Waals surface area contributed by atoms with E-state index in [2.05, 4.69) is 12.6 Å². The van der Waals surface area contributed by atoms with Crippen molar-refractivity contribution in [2.75, 3.05) is 7.11 Å². The average molecular weight is 223 g/mol. The van der Waals surface area contributed by atoms with Crippen molar-refractivity contribution in [1.29, 1.82) is 5.41 Å². The summed E-state index contributed by atoms with van der Waals surface area (Å²) in [5, 5.41) is 7.13. The SMILES string of the molecule is COc1ccc(S)cc1C(=O)C(=N)C=O. The van der Waals surface area contributed by atoms with Crippen LogP contribution in [0.1, 0.15) is 10.4 Å². The van der Waals surface area contributed by atoms with Gasteiger partial charge in [0, 0.05) is 4.90 Å². The predicted octanol–water partition coefficient (Wildman–Crippen LogP) is 1.39. The van der Waals surface area contributed by atoms with Crippen molar-refractivity contribution in [2.45, 2.75) is 4.90 Å². The Morgan fingerprint density at radius 3 is 2.73 bits per heavy atom. The number of aldehydes is 1. The fraction of sp³-hybridized carbons (Fsp3) is 0.100. The number of ketones is 1. The maximum absolute atomic E-state index is 11.5. The number of nitrogens with one attached hydrogen (secondary N) is 1. The van der Waals surface area contributed by atoms with Gasteiger partial charge in [0.2, 0.25) is 5.78 Å². The maximum atomic E-state index is 11.5. The van der Waals surface area contributed by atoms with Crippen LogP contribution in [0, 0.1) is 5.41 Å². The van der Waals surface area contributed by atoms with Gasteiger partial charge in [-0.3, -0.25) is 15.0 Å². The Balaban J connectivity index is 3.22. The number of hydrogen-bond acceptors (Lipinski definition) is 5. The minimum atomic E-state index is -0.669. The van der Waals surface area contributed by atoms with Gasteiger partial charge in [0.05, 0.1) is 12.7 Å². The molecule has 0 aliphatic heterocycles. The van der Waals surface area contributed by atoms with Crippen molar-refractivity contribution < 1.29 is 14.3 Å². The van der Waals surface area contributed by atoms with Crippen molar-refractivity contribution in [1.82, 2.24) is 0 Å². The van der Waals surface area contributed by atoms with E-state index in [1.165, 1.54) is 13.2 Å². The van der Waals surface area contributed by atoms with Crippen LogP contribution in [-0.2, 0) is 4.79 Å². The van der Waals surface area contributed by atoms with Gasteiger partial charge >= 0.3 is 0 Å². The number of carbonyl (C=O) groups excluding carboxylic acids is 2. The number of ether oxygens (including phenoxy) is 1. The first-order valence-electron chi connectivity index (χ1n) is 4.05. The van der Waals surface area contributed by atoms with Crippen molar-refractivity contribution in [2.24, 2.45) is 0 Å². The summed E-state index contributed by atoms with van der Waals surface area (Å²) in [6.07, 6.45) is 0.201. The van der Waals surface area contributed by atoms with Crippen molar-refractivity contribution >= 4 is 30.4 Å². The highest BCUT2D eigenvalue weighted by molar-refractivity contribution is 7.80. The van der Waals surface area contributed by atoms with Crippen LogP contribution in [0.3, 0.4) is 0 Å². The molecule has 0 heterocycles. The summed E-state index contributed by atoms with van der Waals surface area (Å²) in [5.41, 5.74) is -0.436. The molecule has 1 aromatic carbocycles. The van der Waals surface area contributed by atoms with E-state index in [0.29, 0.717) is 10.6 Å². The van der Waals surface area contributed by atoms with E-state index < -0.39 is 11.5 Å². The second-order valence-electron chi connectivity index (χ2n) is 2.75. The molecule has 0 saturated heterocycles. The molecule has 1 rings (SSSR count). The second-order valence-corrected chi connectivity index (χ2v) is 3.26. The summed E-state index contributed by atoms with van der Waals surface area (Å²) < 4.78 is 4.95. The monoisotopic (exact) mass is 223 g/mol. The fourth-order valence-electron chi connectivity index (χ4n) is 1.07. The molecule has 0 amide bonds. The van der Waals surface area contributed by atoms with Crippen LogP contribution < -0.4 is 4.74 Å². The minimum absolute atomic E-state index is 0.169. The molecule has 0 spiro atoms. The molecule has 1 N–H and O–H groups in total. The quantitative estimate of drug-likeness (QED) is 0.266. The zero-order valence-electron chi connectivity index (χ0n) is 7.98. The van der Waals surface area contributed by atoms with Crippen LogP contribution in [0.4, 0.5) is 0 Å². The molecule has 0 saturated carbocycles. The van der Waals surface area contributed by atoms with Gasteiger partial charge in [0.1, 0.15) is 11.5 Å². The van der Waals surface area contributed by atoms with E-state index in [1.807, 2.05) is 0 Å². The van der Waals surface area contributed by atoms with E-state index >= 15 is 0 Å². The zero-order valence-corrected chi connectivity index (χ0v) is 8.88. The molecule has 0 radical (unpaired) electrons. The molecule has 0 unspecified atom stereocenters. The summed E-state index contributed by atoms with van der Waals surface area (Å²) >= 11 is 4.07. The standard InChI is InChI=1S/C10H9NO3S/c1-14-9-3-2-6(15)4-7(9)10(13)8(11)5-12/h2-5,11,15H,1H3. The second kappa shape index (κ2) is 4.75. The highest BCUT2D eigenvalue weighted by Crippen LogP contribution is 2.22. The molecule has 0 fully saturated rings. The zero-order chi connectivity index (χ0) is 11.4. The van der Waals surface area contributed by atoms with Crippen LogP contribution in [-0.4, -0.2) is 24.9 Å². The third kappa shape index (κ3) is 2.44. The number of thiol groups is 1. The molecular weight excluding hydrogens is 214 g/mol. The lowest BCUT2D eigenvalue weighted by molar-refractivity contribution is -0.102. The van der Waals surface area contributed by atoms with Crippen LogP contribution in [0.15, 0.2) is 23.1 Å². The van der Waals surface area contributed by atoms with Gasteiger partial charge in [-0.2, -0.15) is 0 Å². The highest BCUT2D eigenvalue weighted by atomic mass is 32.1. The Morgan fingerprint density at radius 2 is 2.20 bits per heavy atom. The number of methoxy groups -OCH3 is 1. The van der Waals surface area contributed by atoms with Crippen molar-refractivity contribution in [3.63, 3.8) is 0 Å². The van der Waals surface area contributed by atoms with Gasteiger partial charge < -0.3 is 4.74 Å². The van der Waals surface area contributed by atoms with E-state index in [-0.39, 0.29) is 11.8 Å². The van der Waals surface area contributed by atoms with Gasteiger partial charge in [0.15, 0.2) is 6.29 Å². The smallest absolute Gasteiger partial charge is 0.217 e. The Bertz CT molecular complexity index is 429. The lowest BCUT2D eigenvalue weighted by Crippen LogP contribution is -2.15. The summed E-state index contributed by atoms with van der Waals surface area (Å²) in [4.78, 5) is 22.4. The Morgan fingerprint density at radius 1 is 1.53 bits per heavy atom. The fourth-order valence-corrected chi connectivity index (χ4v) is 1.28. The van der Waals surface area contributed by atoms with E-state index in [9.17, 15) is 9.59 Å². The van der Waals surface area contributed by atoms with E-state index in [0.717, 1.165) is 0 Å². The van der Waals surface area contributed by atoms with Crippen LogP contribution in [0.5, 0.6) is 5.75 Å². The molecule has 1 aromatic rings. The predicted molar refractivity (Wildman–Crippen MR) is 58.4 cm³/mol. The summed E-state index contributed by atoms with van der Waals surface area (Å²) in [7, 11) is 1.41. The molecule has 0 aliphatic rings. The van der Waals surface area contributed by atoms with Gasteiger partial charge in [-0.25, -0.2) is 0 Å². The first-order chi connectivity index (χ1) is 7.10. The molecule has 0 aliphatic carbocycles. The topological polar surface area (TPSA) is 67.2 Å². The molecule has 78 valence electrons. The molecule has 0 aromatic heterocycles. The largest absolute Gasteiger partial charge is 0.496 e. The summed E-state index contributed by atoms with van der Waals surface area (Å²) in [6.45, 7) is 0. The number of Topliss-reactive ketones (excluding diaryl/α,β-unsaturated/α-hetero) is 1. The highest BCUT2D eigenvalue weighted by Gasteiger charge is 2.16. The van der Waals surface area contributed by atoms with Crippen LogP contribution in [0.2, 0.25) is 0 Å². The van der Waals surface area contributed by atoms with Crippen molar-refractivity contribution in [3.8, 4) is 5.75 Å². The van der Waals surface area contributed by atoms with Crippen LogP contribution >= 0.6 is 12.6 Å². The molecule has 0 atom stereocenters. The van der Waals surface area contributed by atoms with Gasteiger partial charge in [-0.05, 0) is 18.2 Å². The first kappa shape index (κ1) is 11.5. The van der Waals surface area contributed by atoms with Gasteiger partial charge in [-0.1, -0.05) is 0 Å². The third-order valence-electron chi connectivity index (χ3n) is 1.79. The lowest BCUT2D eigenvalue weighted by atomic mass is 10.1. The Hall–Kier alpha value is -1.62. The first-order valence-corrected chi connectivity index (χ1v) is 4.50. The number of carbonyl (C=O) groups is 2. The van der Waals surface area contributed by atoms with Gasteiger partial charge in [0.25, 0.3) is 0 Å². The number of rotatable bonds is 4. The molecule has 4 nitrogen and oxygen atoms in total. The van der Waals surface area contributed by atoms with E-state index in [4.69, 9.17) is 10.1 Å². The summed E-state index contributed by atoms with van der Waals surface area (Å²) in [5.74, 6) is -0.345. The Kier molecular flexibility index (Phi) is 3.62. The number of benzene rings is 1.